The van der Waals surface area contributed by atoms with Crippen LogP contribution in [0.5, 0.6) is 0 Å². The molecule has 0 unspecified atom stereocenters. The van der Waals surface area contributed by atoms with Crippen LogP contribution in [0.2, 0.25) is 0 Å². The first-order valence-electron chi connectivity index (χ1n) is 8.19. The van der Waals surface area contributed by atoms with Crippen molar-refractivity contribution < 1.29 is 0 Å². The average molecular weight is 317 g/mol. The summed E-state index contributed by atoms with van der Waals surface area (Å²) in [6, 6.07) is 30.8. The molecule has 0 spiro atoms. The highest BCUT2D eigenvalue weighted by molar-refractivity contribution is 7.74. The molecule has 0 atom stereocenters. The average Bonchev–Trinajstić information content (AvgIpc) is 2.64. The van der Waals surface area contributed by atoms with E-state index in [1.54, 1.807) is 0 Å². The molecule has 0 saturated carbocycles. The summed E-state index contributed by atoms with van der Waals surface area (Å²) in [5.74, 6) is 0. The first-order valence-corrected chi connectivity index (χ1v) is 9.48. The molecule has 1 heterocycles. The number of nitrogens with zero attached hydrogens (tertiary/aromatic N) is 1. The molecule has 2 heteroatoms. The van der Waals surface area contributed by atoms with Crippen molar-refractivity contribution in [1.29, 1.82) is 0 Å². The number of fused-ring (bicyclic) bond motifs is 1. The molecule has 0 aliphatic carbocycles. The van der Waals surface area contributed by atoms with Crippen molar-refractivity contribution in [1.82, 2.24) is 0 Å². The van der Waals surface area contributed by atoms with Gasteiger partial charge in [0.1, 0.15) is 0 Å². The zero-order valence-corrected chi connectivity index (χ0v) is 14.0. The molecule has 3 aromatic carbocycles. The normalized spacial score (nSPS) is 13.9. The number of hydrogen-bond acceptors (Lipinski definition) is 1. The topological polar surface area (TPSA) is 3.24 Å². The van der Waals surface area contributed by atoms with E-state index in [1.165, 1.54) is 34.7 Å². The van der Waals surface area contributed by atoms with Crippen molar-refractivity contribution in [2.75, 3.05) is 11.2 Å². The summed E-state index contributed by atoms with van der Waals surface area (Å²) in [4.78, 5) is 0. The number of benzene rings is 3. The molecule has 23 heavy (non-hydrogen) atoms. The van der Waals surface area contributed by atoms with E-state index in [1.807, 2.05) is 0 Å². The summed E-state index contributed by atoms with van der Waals surface area (Å²) >= 11 is 0. The Bertz CT molecular complexity index is 731. The van der Waals surface area contributed by atoms with Gasteiger partial charge < -0.3 is 4.67 Å². The van der Waals surface area contributed by atoms with Gasteiger partial charge in [-0.05, 0) is 24.5 Å². The van der Waals surface area contributed by atoms with Crippen LogP contribution in [0.4, 0.5) is 5.69 Å². The minimum absolute atomic E-state index is 0.522. The molecule has 114 valence electrons. The maximum absolute atomic E-state index is 2.64. The summed E-state index contributed by atoms with van der Waals surface area (Å²) in [5, 5.41) is 2.84. The Hall–Kier alpha value is -2.11. The third-order valence-electron chi connectivity index (χ3n) is 4.33. The minimum atomic E-state index is -0.522. The molecule has 4 rings (SSSR count). The predicted octanol–water partition coefficient (Wildman–Crippen LogP) is 4.49. The molecule has 0 aromatic heterocycles. The Labute approximate surface area is 139 Å². The zero-order valence-electron chi connectivity index (χ0n) is 13.1. The van der Waals surface area contributed by atoms with Gasteiger partial charge in [-0.25, -0.2) is 0 Å². The predicted molar refractivity (Wildman–Crippen MR) is 101 cm³/mol. The van der Waals surface area contributed by atoms with E-state index < -0.39 is 8.07 Å². The third-order valence-corrected chi connectivity index (χ3v) is 6.80. The van der Waals surface area contributed by atoms with E-state index in [-0.39, 0.29) is 0 Å². The number of aryl methyl sites for hydroxylation is 1. The van der Waals surface area contributed by atoms with E-state index in [0.717, 1.165) is 6.54 Å². The van der Waals surface area contributed by atoms with Gasteiger partial charge in [-0.3, -0.25) is 0 Å². The SMILES string of the molecule is c1ccc(P(c2ccccc2)N2CCCc3ccccc32)cc1. The van der Waals surface area contributed by atoms with Crippen molar-refractivity contribution in [2.24, 2.45) is 0 Å². The first-order chi connectivity index (χ1) is 11.4. The highest BCUT2D eigenvalue weighted by Crippen LogP contribution is 2.45. The van der Waals surface area contributed by atoms with E-state index in [9.17, 15) is 0 Å². The van der Waals surface area contributed by atoms with Crippen LogP contribution >= 0.6 is 8.07 Å². The molecule has 1 aliphatic heterocycles. The molecule has 0 saturated heterocycles. The van der Waals surface area contributed by atoms with Crippen LogP contribution in [0.1, 0.15) is 12.0 Å². The van der Waals surface area contributed by atoms with Gasteiger partial charge in [-0.1, -0.05) is 78.9 Å². The van der Waals surface area contributed by atoms with Crippen molar-refractivity contribution in [2.45, 2.75) is 12.8 Å². The number of para-hydroxylation sites is 1. The molecule has 3 aromatic rings. The quantitative estimate of drug-likeness (QED) is 0.644. The summed E-state index contributed by atoms with van der Waals surface area (Å²) in [6.07, 6.45) is 2.43. The molecule has 0 radical (unpaired) electrons. The second-order valence-electron chi connectivity index (χ2n) is 5.84. The van der Waals surface area contributed by atoms with E-state index in [2.05, 4.69) is 89.6 Å². The van der Waals surface area contributed by atoms with Crippen LogP contribution in [0.15, 0.2) is 84.9 Å². The van der Waals surface area contributed by atoms with Gasteiger partial charge in [-0.15, -0.1) is 0 Å². The Morgan fingerprint density at radius 2 is 1.22 bits per heavy atom. The monoisotopic (exact) mass is 317 g/mol. The summed E-state index contributed by atoms with van der Waals surface area (Å²) in [5.41, 5.74) is 2.90. The van der Waals surface area contributed by atoms with Gasteiger partial charge in [0.2, 0.25) is 0 Å². The van der Waals surface area contributed by atoms with Gasteiger partial charge in [0.05, 0.1) is 8.07 Å². The Morgan fingerprint density at radius 1 is 0.652 bits per heavy atom. The van der Waals surface area contributed by atoms with Crippen LogP contribution in [-0.2, 0) is 6.42 Å². The summed E-state index contributed by atoms with van der Waals surface area (Å²) < 4.78 is 2.64. The Morgan fingerprint density at radius 3 is 1.87 bits per heavy atom. The lowest BCUT2D eigenvalue weighted by Gasteiger charge is -2.38. The van der Waals surface area contributed by atoms with Gasteiger partial charge >= 0.3 is 0 Å². The maximum atomic E-state index is 2.64. The molecular weight excluding hydrogens is 297 g/mol. The molecule has 0 N–H and O–H groups in total. The lowest BCUT2D eigenvalue weighted by Crippen LogP contribution is -2.32. The minimum Gasteiger partial charge on any atom is -0.343 e. The van der Waals surface area contributed by atoms with E-state index >= 15 is 0 Å². The van der Waals surface area contributed by atoms with Gasteiger partial charge in [-0.2, -0.15) is 0 Å². The molecule has 1 nitrogen and oxygen atoms in total. The fourth-order valence-corrected chi connectivity index (χ4v) is 5.80. The second-order valence-corrected chi connectivity index (χ2v) is 7.98. The van der Waals surface area contributed by atoms with E-state index in [0.29, 0.717) is 0 Å². The van der Waals surface area contributed by atoms with Gasteiger partial charge in [0.25, 0.3) is 0 Å². The van der Waals surface area contributed by atoms with E-state index in [4.69, 9.17) is 0 Å². The van der Waals surface area contributed by atoms with Gasteiger partial charge in [0.15, 0.2) is 0 Å². The highest BCUT2D eigenvalue weighted by atomic mass is 31.1. The molecular formula is C21H20NP. The van der Waals surface area contributed by atoms with Crippen LogP contribution in [0.25, 0.3) is 0 Å². The molecule has 1 aliphatic rings. The van der Waals surface area contributed by atoms with Crippen molar-refractivity contribution in [3.63, 3.8) is 0 Å². The summed E-state index contributed by atoms with van der Waals surface area (Å²) in [6.45, 7) is 1.13. The smallest absolute Gasteiger partial charge is 0.0550 e. The summed E-state index contributed by atoms with van der Waals surface area (Å²) in [7, 11) is -0.522. The largest absolute Gasteiger partial charge is 0.343 e. The molecule has 0 amide bonds. The van der Waals surface area contributed by atoms with Gasteiger partial charge in [0, 0.05) is 22.8 Å². The fraction of sp³-hybridized carbons (Fsp3) is 0.143. The Kier molecular flexibility index (Phi) is 4.13. The number of rotatable bonds is 3. The zero-order chi connectivity index (χ0) is 15.5. The fourth-order valence-electron chi connectivity index (χ4n) is 3.29. The molecule has 0 fully saturated rings. The number of hydrogen-bond donors (Lipinski definition) is 0. The Balaban J connectivity index is 1.84. The third kappa shape index (κ3) is 2.90. The standard InChI is InChI=1S/C21H20NP/c1-3-12-19(13-4-1)23(20-14-5-2-6-15-20)22-17-9-11-18-10-7-8-16-21(18)22/h1-8,10,12-16H,9,11,17H2. The van der Waals surface area contributed by atoms with Crippen LogP contribution in [0, 0.1) is 0 Å². The maximum Gasteiger partial charge on any atom is 0.0550 e. The van der Waals surface area contributed by atoms with Crippen molar-refractivity contribution >= 4 is 24.4 Å². The van der Waals surface area contributed by atoms with Crippen molar-refractivity contribution in [3.05, 3.63) is 90.5 Å². The van der Waals surface area contributed by atoms with Crippen LogP contribution < -0.4 is 15.3 Å². The number of anilines is 1. The van der Waals surface area contributed by atoms with Crippen LogP contribution in [0.3, 0.4) is 0 Å². The highest BCUT2D eigenvalue weighted by Gasteiger charge is 2.26. The second kappa shape index (κ2) is 6.56. The van der Waals surface area contributed by atoms with Crippen LogP contribution in [-0.4, -0.2) is 6.54 Å². The van der Waals surface area contributed by atoms with Crippen molar-refractivity contribution in [3.8, 4) is 0 Å². The molecule has 0 bridgehead atoms. The lowest BCUT2D eigenvalue weighted by atomic mass is 10.0. The first kappa shape index (κ1) is 14.5. The lowest BCUT2D eigenvalue weighted by molar-refractivity contribution is 0.793.